The van der Waals surface area contributed by atoms with Crippen LogP contribution < -0.4 is 10.6 Å². The van der Waals surface area contributed by atoms with Crippen molar-refractivity contribution in [3.63, 3.8) is 0 Å². The number of carbonyl (C=O) groups is 4. The van der Waals surface area contributed by atoms with Crippen LogP contribution in [0.1, 0.15) is 33.1 Å². The van der Waals surface area contributed by atoms with E-state index in [0.717, 1.165) is 26.1 Å². The Morgan fingerprint density at radius 2 is 2.08 bits per heavy atom. The van der Waals surface area contributed by atoms with E-state index < -0.39 is 11.9 Å². The van der Waals surface area contributed by atoms with E-state index in [-0.39, 0.29) is 71.5 Å². The second-order valence-electron chi connectivity index (χ2n) is 11.5. The van der Waals surface area contributed by atoms with Crippen LogP contribution in [0, 0.1) is 23.7 Å². The number of ketones is 1. The summed E-state index contributed by atoms with van der Waals surface area (Å²) < 4.78 is 1.35. The molecule has 210 valence electrons. The van der Waals surface area contributed by atoms with Gasteiger partial charge >= 0.3 is 5.97 Å². The molecule has 0 radical (unpaired) electrons. The van der Waals surface area contributed by atoms with Crippen LogP contribution in [-0.2, 0) is 25.7 Å². The number of likely N-dealkylation sites (tertiary alicyclic amines) is 1. The maximum Gasteiger partial charge on any atom is 0.353 e. The maximum absolute atomic E-state index is 13.3. The first kappa shape index (κ1) is 26.4. The van der Waals surface area contributed by atoms with Gasteiger partial charge in [-0.25, -0.2) is 9.48 Å². The lowest BCUT2D eigenvalue weighted by Crippen LogP contribution is -2.62. The van der Waals surface area contributed by atoms with Crippen molar-refractivity contribution in [2.75, 3.05) is 26.2 Å². The summed E-state index contributed by atoms with van der Waals surface area (Å²) in [6.07, 6.45) is 3.21. The largest absolute Gasteiger partial charge is 0.477 e. The predicted octanol–water partition coefficient (Wildman–Crippen LogP) is -0.675. The Morgan fingerprint density at radius 1 is 1.26 bits per heavy atom. The monoisotopic (exact) mass is 558 g/mol. The third-order valence-electron chi connectivity index (χ3n) is 9.09. The SMILES string of the molecule is C[C@@H](CC(=O)Cn1cnnn1)[C@H]1C(=O)N2C(C(=O)O)=C(S[C@@H]3CNC(C(=O)N4CCC5CNCC54)C3)[C@H](C)[C@H]12. The summed E-state index contributed by atoms with van der Waals surface area (Å²) in [5, 5.41) is 27.7. The molecule has 5 aliphatic heterocycles. The van der Waals surface area contributed by atoms with Gasteiger partial charge < -0.3 is 25.5 Å². The lowest BCUT2D eigenvalue weighted by molar-refractivity contribution is -0.160. The average molecular weight is 559 g/mol. The quantitative estimate of drug-likeness (QED) is 0.329. The van der Waals surface area contributed by atoms with E-state index in [1.165, 1.54) is 27.7 Å². The smallest absolute Gasteiger partial charge is 0.353 e. The Bertz CT molecular complexity index is 1210. The van der Waals surface area contributed by atoms with E-state index in [0.29, 0.717) is 23.8 Å². The molecule has 6 heterocycles. The number of Topliss-reactive ketones (excluding diaryl/α,β-unsaturated/α-hetero) is 1. The van der Waals surface area contributed by atoms with Crippen molar-refractivity contribution >= 4 is 35.3 Å². The average Bonchev–Trinajstić information content (AvgIpc) is 3.69. The van der Waals surface area contributed by atoms with Crippen molar-refractivity contribution in [3.8, 4) is 0 Å². The van der Waals surface area contributed by atoms with Crippen LogP contribution in [0.4, 0.5) is 0 Å². The summed E-state index contributed by atoms with van der Waals surface area (Å²) in [6, 6.07) is -0.287. The van der Waals surface area contributed by atoms with Crippen molar-refractivity contribution in [1.29, 1.82) is 0 Å². The topological polar surface area (TPSA) is 163 Å². The number of nitrogens with zero attached hydrogens (tertiary/aromatic N) is 6. The van der Waals surface area contributed by atoms with Gasteiger partial charge in [0.2, 0.25) is 11.8 Å². The minimum Gasteiger partial charge on any atom is -0.477 e. The summed E-state index contributed by atoms with van der Waals surface area (Å²) in [7, 11) is 0. The fourth-order valence-corrected chi connectivity index (χ4v) is 8.71. The third-order valence-corrected chi connectivity index (χ3v) is 10.6. The van der Waals surface area contributed by atoms with E-state index in [2.05, 4.69) is 26.2 Å². The van der Waals surface area contributed by atoms with E-state index >= 15 is 0 Å². The maximum atomic E-state index is 13.3. The van der Waals surface area contributed by atoms with Gasteiger partial charge in [-0.05, 0) is 35.1 Å². The molecular weight excluding hydrogens is 524 g/mol. The van der Waals surface area contributed by atoms with E-state index in [4.69, 9.17) is 0 Å². The molecule has 0 aromatic carbocycles. The molecule has 0 aliphatic carbocycles. The molecule has 0 spiro atoms. The van der Waals surface area contributed by atoms with Gasteiger partial charge in [0.1, 0.15) is 18.6 Å². The number of thioether (sulfide) groups is 1. The second-order valence-corrected chi connectivity index (χ2v) is 12.8. The molecule has 1 aromatic rings. The van der Waals surface area contributed by atoms with Crippen LogP contribution in [0.15, 0.2) is 16.9 Å². The summed E-state index contributed by atoms with van der Waals surface area (Å²) in [5.41, 5.74) is 0.0557. The van der Waals surface area contributed by atoms with Gasteiger partial charge in [-0.1, -0.05) is 13.8 Å². The molecule has 4 saturated heterocycles. The zero-order valence-corrected chi connectivity index (χ0v) is 22.8. The van der Waals surface area contributed by atoms with Gasteiger partial charge in [0.15, 0.2) is 5.78 Å². The fourth-order valence-electron chi connectivity index (χ4n) is 7.23. The predicted molar refractivity (Wildman–Crippen MR) is 139 cm³/mol. The number of rotatable bonds is 9. The van der Waals surface area contributed by atoms with Gasteiger partial charge in [0.05, 0.1) is 18.0 Å². The summed E-state index contributed by atoms with van der Waals surface area (Å²) in [6.45, 7) is 7.09. The molecule has 6 rings (SSSR count). The van der Waals surface area contributed by atoms with Gasteiger partial charge in [0, 0.05) is 54.7 Å². The Hall–Kier alpha value is -2.84. The summed E-state index contributed by atoms with van der Waals surface area (Å²) >= 11 is 1.49. The highest BCUT2D eigenvalue weighted by Crippen LogP contribution is 2.53. The lowest BCUT2D eigenvalue weighted by atomic mass is 9.73. The Morgan fingerprint density at radius 3 is 2.82 bits per heavy atom. The minimum absolute atomic E-state index is 0.0336. The first-order chi connectivity index (χ1) is 18.7. The number of hydrogen-bond donors (Lipinski definition) is 3. The molecule has 0 bridgehead atoms. The highest BCUT2D eigenvalue weighted by atomic mass is 32.2. The van der Waals surface area contributed by atoms with Gasteiger partial charge in [-0.3, -0.25) is 14.4 Å². The van der Waals surface area contributed by atoms with Crippen molar-refractivity contribution in [1.82, 2.24) is 40.6 Å². The number of fused-ring (bicyclic) bond motifs is 2. The number of carboxylic acid groups (broad SMARTS) is 1. The lowest BCUT2D eigenvalue weighted by Gasteiger charge is -2.47. The number of carboxylic acids is 1. The van der Waals surface area contributed by atoms with Crippen molar-refractivity contribution in [3.05, 3.63) is 16.9 Å². The highest BCUT2D eigenvalue weighted by Gasteiger charge is 2.60. The van der Waals surface area contributed by atoms with E-state index in [9.17, 15) is 24.3 Å². The van der Waals surface area contributed by atoms with Crippen LogP contribution in [0.25, 0.3) is 0 Å². The normalized spacial score (nSPS) is 34.3. The van der Waals surface area contributed by atoms with Crippen LogP contribution in [-0.4, -0.2) is 108 Å². The van der Waals surface area contributed by atoms with Crippen LogP contribution in [0.5, 0.6) is 0 Å². The number of amides is 2. The Labute approximate surface area is 230 Å². The number of tetrazole rings is 1. The summed E-state index contributed by atoms with van der Waals surface area (Å²) in [4.78, 5) is 55.5. The first-order valence-electron chi connectivity index (χ1n) is 13.7. The fraction of sp³-hybridized carbons (Fsp3) is 0.720. The van der Waals surface area contributed by atoms with Crippen LogP contribution >= 0.6 is 11.8 Å². The van der Waals surface area contributed by atoms with Gasteiger partial charge in [0.25, 0.3) is 0 Å². The zero-order valence-electron chi connectivity index (χ0n) is 22.0. The Balaban J connectivity index is 1.10. The minimum atomic E-state index is -1.11. The molecule has 14 heteroatoms. The van der Waals surface area contributed by atoms with Crippen LogP contribution in [0.2, 0.25) is 0 Å². The highest BCUT2D eigenvalue weighted by molar-refractivity contribution is 8.03. The van der Waals surface area contributed by atoms with Crippen molar-refractivity contribution < 1.29 is 24.3 Å². The molecule has 8 atom stereocenters. The van der Waals surface area contributed by atoms with Crippen molar-refractivity contribution in [2.24, 2.45) is 23.7 Å². The van der Waals surface area contributed by atoms with Gasteiger partial charge in [-0.2, -0.15) is 0 Å². The standard InChI is InChI=1S/C25H34N8O5S/c1-12(5-15(34)10-31-11-28-29-30-31)19-20-13(2)22(21(25(37)38)33(20)24(19)36)39-16-6-17(27-8-16)23(35)32-4-3-14-7-26-9-18(14)32/h11-14,16-20,26-27H,3-10H2,1-2H3,(H,37,38)/t12-,13+,14?,16-,17?,18?,19+,20+/m0/s1. The van der Waals surface area contributed by atoms with Gasteiger partial charge in [-0.15, -0.1) is 16.9 Å². The number of aromatic nitrogens is 4. The molecule has 13 nitrogen and oxygen atoms in total. The molecule has 3 N–H and O–H groups in total. The molecule has 5 aliphatic rings. The van der Waals surface area contributed by atoms with E-state index in [1.807, 2.05) is 18.7 Å². The molecule has 0 saturated carbocycles. The number of aliphatic carboxylic acids is 1. The summed E-state index contributed by atoms with van der Waals surface area (Å²) in [5.74, 6) is -1.60. The third kappa shape index (κ3) is 4.55. The molecule has 39 heavy (non-hydrogen) atoms. The number of carbonyl (C=O) groups excluding carboxylic acids is 3. The van der Waals surface area contributed by atoms with Crippen molar-refractivity contribution in [2.45, 2.75) is 63.0 Å². The number of hydrogen-bond acceptors (Lipinski definition) is 10. The molecule has 1 aromatic heterocycles. The molecule has 3 unspecified atom stereocenters. The number of nitrogens with one attached hydrogen (secondary N) is 2. The first-order valence-corrected chi connectivity index (χ1v) is 14.6. The molecular formula is C25H34N8O5S. The van der Waals surface area contributed by atoms with Crippen LogP contribution in [0.3, 0.4) is 0 Å². The molecule has 2 amide bonds. The second kappa shape index (κ2) is 10.3. The van der Waals surface area contributed by atoms with E-state index in [1.54, 1.807) is 0 Å². The zero-order chi connectivity index (χ0) is 27.4. The molecule has 4 fully saturated rings. The number of β-lactam (4-membered cyclic amide) rings is 1. The Kier molecular flexibility index (Phi) is 6.96.